The molecule has 0 aromatic heterocycles. The first-order valence-electron chi connectivity index (χ1n) is 3.84. The van der Waals surface area contributed by atoms with Gasteiger partial charge < -0.3 is 10.1 Å². The van der Waals surface area contributed by atoms with E-state index in [9.17, 15) is 0 Å². The molecule has 1 rings (SSSR count). The van der Waals surface area contributed by atoms with Gasteiger partial charge in [0.1, 0.15) is 0 Å². The lowest BCUT2D eigenvalue weighted by molar-refractivity contribution is 0.172. The molecule has 1 N–H and O–H groups in total. The topological polar surface area (TPSA) is 21.3 Å². The highest BCUT2D eigenvalue weighted by atomic mass is 35.7. The summed E-state index contributed by atoms with van der Waals surface area (Å²) in [4.78, 5) is 0. The Bertz CT molecular complexity index is 193. The number of rotatable bonds is 4. The maximum atomic E-state index is 5.46. The van der Waals surface area contributed by atoms with Crippen LogP contribution in [0.5, 0.6) is 0 Å². The van der Waals surface area contributed by atoms with Crippen molar-refractivity contribution in [2.75, 3.05) is 12.5 Å². The minimum Gasteiger partial charge on any atom is -0.479 e. The van der Waals surface area contributed by atoms with Crippen molar-refractivity contribution in [1.29, 1.82) is 0 Å². The highest BCUT2D eigenvalue weighted by molar-refractivity contribution is 8.21. The molecule has 0 aromatic rings. The summed E-state index contributed by atoms with van der Waals surface area (Å²) in [6.45, 7) is 4.51. The van der Waals surface area contributed by atoms with Crippen LogP contribution in [0.1, 0.15) is 12.8 Å². The summed E-state index contributed by atoms with van der Waals surface area (Å²) in [5.74, 6) is 1.50. The number of hydrogen-bond donors (Lipinski definition) is 1. The van der Waals surface area contributed by atoms with Crippen molar-refractivity contribution in [2.24, 2.45) is 0 Å². The monoisotopic (exact) mass is 205 g/mol. The molecule has 1 aliphatic heterocycles. The third-order valence-electron chi connectivity index (χ3n) is 1.66. The summed E-state index contributed by atoms with van der Waals surface area (Å²) >= 11 is 0. The summed E-state index contributed by atoms with van der Waals surface area (Å²) in [6, 6.07) is 0. The third-order valence-corrected chi connectivity index (χ3v) is 2.24. The van der Waals surface area contributed by atoms with Crippen LogP contribution in [0.25, 0.3) is 0 Å². The first kappa shape index (κ1) is 9.81. The molecule has 0 fully saturated rings. The van der Waals surface area contributed by atoms with Crippen LogP contribution >= 0.6 is 21.7 Å². The molecule has 0 spiro atoms. The van der Waals surface area contributed by atoms with E-state index >= 15 is 0 Å². The predicted molar refractivity (Wildman–Crippen MR) is 53.9 cm³/mol. The van der Waals surface area contributed by atoms with Crippen LogP contribution in [0, 0.1) is 0 Å². The van der Waals surface area contributed by atoms with Gasteiger partial charge in [-0.15, -0.1) is 0 Å². The second-order valence-electron chi connectivity index (χ2n) is 2.44. The second-order valence-corrected chi connectivity index (χ2v) is 3.60. The summed E-state index contributed by atoms with van der Waals surface area (Å²) in [5, 5.41) is 3.09. The van der Waals surface area contributed by atoms with E-state index in [1.807, 2.05) is 6.08 Å². The van der Waals surface area contributed by atoms with Crippen LogP contribution in [0.3, 0.4) is 0 Å². The minimum absolute atomic E-state index is 0.661. The minimum atomic E-state index is 0.661. The molecule has 68 valence electrons. The van der Waals surface area contributed by atoms with Crippen molar-refractivity contribution in [2.45, 2.75) is 12.8 Å². The van der Waals surface area contributed by atoms with Gasteiger partial charge in [-0.05, 0) is 34.5 Å². The molecule has 0 aliphatic carbocycles. The van der Waals surface area contributed by atoms with Gasteiger partial charge in [0.25, 0.3) is 0 Å². The van der Waals surface area contributed by atoms with Gasteiger partial charge in [0, 0.05) is 5.57 Å². The van der Waals surface area contributed by atoms with Gasteiger partial charge in [-0.25, -0.2) is 0 Å². The number of halogens is 1. The molecule has 0 saturated heterocycles. The summed E-state index contributed by atoms with van der Waals surface area (Å²) < 4.78 is 5.41. The van der Waals surface area contributed by atoms with Gasteiger partial charge in [0.05, 0.1) is 12.5 Å². The molecule has 0 amide bonds. The Morgan fingerprint density at radius 3 is 3.25 bits per heavy atom. The van der Waals surface area contributed by atoms with E-state index in [2.05, 4.69) is 11.9 Å². The molecule has 12 heavy (non-hydrogen) atoms. The summed E-state index contributed by atoms with van der Waals surface area (Å²) in [6.07, 6.45) is 3.94. The standard InChI is InChI=1S/C8H12ClNOS/c1-2-7-4-3-5-11-8(7)10-6-12-9/h2,10H,1,3-6H2. The zero-order valence-electron chi connectivity index (χ0n) is 6.81. The van der Waals surface area contributed by atoms with Gasteiger partial charge in [0.2, 0.25) is 0 Å². The lowest BCUT2D eigenvalue weighted by atomic mass is 10.1. The van der Waals surface area contributed by atoms with E-state index < -0.39 is 0 Å². The molecular formula is C8H12ClNOS. The fourth-order valence-corrected chi connectivity index (χ4v) is 1.44. The van der Waals surface area contributed by atoms with Gasteiger partial charge in [0.15, 0.2) is 5.88 Å². The third kappa shape index (κ3) is 2.64. The van der Waals surface area contributed by atoms with Crippen molar-refractivity contribution in [1.82, 2.24) is 5.32 Å². The Hall–Kier alpha value is -0.280. The Balaban J connectivity index is 2.53. The first-order chi connectivity index (χ1) is 5.88. The van der Waals surface area contributed by atoms with Crippen molar-refractivity contribution >= 4 is 21.7 Å². The molecule has 0 saturated carbocycles. The molecule has 1 aliphatic rings. The molecule has 0 radical (unpaired) electrons. The first-order valence-corrected chi connectivity index (χ1v) is 5.65. The summed E-state index contributed by atoms with van der Waals surface area (Å²) in [5.41, 5.74) is 1.15. The van der Waals surface area contributed by atoms with Crippen LogP contribution in [-0.2, 0) is 4.74 Å². The molecule has 0 unspecified atom stereocenters. The van der Waals surface area contributed by atoms with E-state index in [0.717, 1.165) is 30.9 Å². The Kier molecular flexibility index (Phi) is 4.40. The zero-order valence-corrected chi connectivity index (χ0v) is 8.38. The van der Waals surface area contributed by atoms with Crippen molar-refractivity contribution in [3.05, 3.63) is 24.1 Å². The number of hydrogen-bond acceptors (Lipinski definition) is 3. The van der Waals surface area contributed by atoms with Crippen LogP contribution in [0.4, 0.5) is 0 Å². The normalized spacial score (nSPS) is 17.1. The van der Waals surface area contributed by atoms with E-state index in [0.29, 0.717) is 5.88 Å². The SMILES string of the molecule is C=CC1=C(NCSCl)OCCC1. The van der Waals surface area contributed by atoms with E-state index in [1.165, 1.54) is 11.0 Å². The fourth-order valence-electron chi connectivity index (χ4n) is 1.10. The van der Waals surface area contributed by atoms with Crippen molar-refractivity contribution in [3.8, 4) is 0 Å². The molecule has 1 heterocycles. The van der Waals surface area contributed by atoms with Gasteiger partial charge in [-0.3, -0.25) is 0 Å². The Morgan fingerprint density at radius 1 is 1.75 bits per heavy atom. The number of allylic oxidation sites excluding steroid dienone is 2. The smallest absolute Gasteiger partial charge is 0.190 e. The van der Waals surface area contributed by atoms with Crippen LogP contribution in [0.2, 0.25) is 0 Å². The maximum Gasteiger partial charge on any atom is 0.190 e. The van der Waals surface area contributed by atoms with Crippen molar-refractivity contribution < 1.29 is 4.74 Å². The van der Waals surface area contributed by atoms with E-state index in [1.54, 1.807) is 0 Å². The molecular weight excluding hydrogens is 194 g/mol. The second kappa shape index (κ2) is 5.38. The molecule has 4 heteroatoms. The summed E-state index contributed by atoms with van der Waals surface area (Å²) in [7, 11) is 6.68. The van der Waals surface area contributed by atoms with Crippen LogP contribution in [0.15, 0.2) is 24.1 Å². The molecule has 0 atom stereocenters. The lowest BCUT2D eigenvalue weighted by Gasteiger charge is -2.19. The van der Waals surface area contributed by atoms with Gasteiger partial charge in [-0.1, -0.05) is 12.7 Å². The van der Waals surface area contributed by atoms with E-state index in [4.69, 9.17) is 15.4 Å². The van der Waals surface area contributed by atoms with E-state index in [-0.39, 0.29) is 0 Å². The number of ether oxygens (including phenoxy) is 1. The highest BCUT2D eigenvalue weighted by Crippen LogP contribution is 2.18. The predicted octanol–water partition coefficient (Wildman–Crippen LogP) is 2.63. The lowest BCUT2D eigenvalue weighted by Crippen LogP contribution is -2.20. The van der Waals surface area contributed by atoms with Crippen LogP contribution in [-0.4, -0.2) is 12.5 Å². The zero-order chi connectivity index (χ0) is 8.81. The number of nitrogens with one attached hydrogen (secondary N) is 1. The quantitative estimate of drug-likeness (QED) is 0.713. The largest absolute Gasteiger partial charge is 0.479 e. The highest BCUT2D eigenvalue weighted by Gasteiger charge is 2.10. The average Bonchev–Trinajstić information content (AvgIpc) is 2.15. The Morgan fingerprint density at radius 2 is 2.58 bits per heavy atom. The fraction of sp³-hybridized carbons (Fsp3) is 0.500. The van der Waals surface area contributed by atoms with Crippen molar-refractivity contribution in [3.63, 3.8) is 0 Å². The van der Waals surface area contributed by atoms with Crippen LogP contribution < -0.4 is 5.32 Å². The molecule has 0 aromatic carbocycles. The van der Waals surface area contributed by atoms with Gasteiger partial charge in [-0.2, -0.15) is 0 Å². The Labute approximate surface area is 81.5 Å². The maximum absolute atomic E-state index is 5.46. The molecule has 0 bridgehead atoms. The van der Waals surface area contributed by atoms with Gasteiger partial charge >= 0.3 is 0 Å². The average molecular weight is 206 g/mol. The molecule has 2 nitrogen and oxygen atoms in total.